The molecule has 0 aromatic carbocycles. The first-order valence-corrected chi connectivity index (χ1v) is 8.50. The van der Waals surface area contributed by atoms with Crippen LogP contribution in [0.3, 0.4) is 0 Å². The van der Waals surface area contributed by atoms with Crippen LogP contribution in [0.15, 0.2) is 29.5 Å². The van der Waals surface area contributed by atoms with Crippen molar-refractivity contribution in [3.8, 4) is 11.3 Å². The highest BCUT2D eigenvalue weighted by molar-refractivity contribution is 5.92. The van der Waals surface area contributed by atoms with E-state index in [0.717, 1.165) is 33.7 Å². The third-order valence-electron chi connectivity index (χ3n) is 3.78. The molecule has 0 atom stereocenters. The molecule has 3 rings (SSSR count). The van der Waals surface area contributed by atoms with Crippen LogP contribution in [0.2, 0.25) is 0 Å². The third kappa shape index (κ3) is 4.04. The van der Waals surface area contributed by atoms with Crippen LogP contribution in [0, 0.1) is 6.92 Å². The van der Waals surface area contributed by atoms with E-state index >= 15 is 0 Å². The Morgan fingerprint density at radius 3 is 2.69 bits per heavy atom. The molecule has 0 aliphatic heterocycles. The number of nitrogens with zero attached hydrogens (tertiary/aromatic N) is 4. The summed E-state index contributed by atoms with van der Waals surface area (Å²) in [4.78, 5) is 21.0. The van der Waals surface area contributed by atoms with Crippen LogP contribution in [-0.4, -0.2) is 37.9 Å². The molecule has 7 heteroatoms. The Morgan fingerprint density at radius 2 is 2.04 bits per heavy atom. The van der Waals surface area contributed by atoms with Crippen LogP contribution in [0.4, 0.5) is 16.0 Å². The van der Waals surface area contributed by atoms with Crippen molar-refractivity contribution in [3.05, 3.63) is 30.2 Å². The molecule has 0 amide bonds. The second-order valence-electron chi connectivity index (χ2n) is 7.09. The quantitative estimate of drug-likeness (QED) is 0.656. The van der Waals surface area contributed by atoms with Gasteiger partial charge in [0.1, 0.15) is 11.3 Å². The number of hydrogen-bond acceptors (Lipinski definition) is 5. The molecule has 26 heavy (non-hydrogen) atoms. The van der Waals surface area contributed by atoms with Gasteiger partial charge in [0.2, 0.25) is 5.95 Å². The van der Waals surface area contributed by atoms with Gasteiger partial charge in [-0.1, -0.05) is 0 Å². The van der Waals surface area contributed by atoms with Crippen LogP contribution in [-0.2, 0) is 0 Å². The van der Waals surface area contributed by atoms with Crippen LogP contribution < -0.4 is 5.32 Å². The second-order valence-corrected chi connectivity index (χ2v) is 7.09. The molecule has 0 fully saturated rings. The van der Waals surface area contributed by atoms with Gasteiger partial charge in [-0.15, -0.1) is 0 Å². The maximum atomic E-state index is 13.6. The lowest BCUT2D eigenvalue weighted by molar-refractivity contribution is 0.234. The number of aliphatic imine (C=N–C) groups is 1. The number of alkyl halides is 1. The molecule has 2 N–H and O–H groups in total. The number of pyridine rings is 1. The van der Waals surface area contributed by atoms with E-state index in [1.807, 2.05) is 39.1 Å². The Morgan fingerprint density at radius 1 is 1.27 bits per heavy atom. The molecule has 0 aliphatic rings. The van der Waals surface area contributed by atoms with E-state index in [4.69, 9.17) is 0 Å². The van der Waals surface area contributed by atoms with Crippen molar-refractivity contribution < 1.29 is 4.39 Å². The molecule has 0 unspecified atom stereocenters. The highest BCUT2D eigenvalue weighted by atomic mass is 19.1. The summed E-state index contributed by atoms with van der Waals surface area (Å²) in [5.74, 6) is 0.392. The Labute approximate surface area is 152 Å². The van der Waals surface area contributed by atoms with Gasteiger partial charge in [0, 0.05) is 29.1 Å². The summed E-state index contributed by atoms with van der Waals surface area (Å²) < 4.78 is 13.6. The van der Waals surface area contributed by atoms with E-state index in [1.165, 1.54) is 13.8 Å². The first-order chi connectivity index (χ1) is 12.2. The van der Waals surface area contributed by atoms with Gasteiger partial charge >= 0.3 is 0 Å². The molecule has 0 saturated heterocycles. The fourth-order valence-corrected chi connectivity index (χ4v) is 2.56. The van der Waals surface area contributed by atoms with Gasteiger partial charge in [-0.25, -0.2) is 9.37 Å². The van der Waals surface area contributed by atoms with Gasteiger partial charge in [0.15, 0.2) is 0 Å². The number of aromatic amines is 1. The van der Waals surface area contributed by atoms with Crippen molar-refractivity contribution >= 4 is 28.4 Å². The molecule has 3 heterocycles. The minimum Gasteiger partial charge on any atom is -0.351 e. The average Bonchev–Trinajstić information content (AvgIpc) is 2.97. The number of rotatable bonds is 5. The van der Waals surface area contributed by atoms with Gasteiger partial charge in [-0.2, -0.15) is 4.98 Å². The van der Waals surface area contributed by atoms with Crippen molar-refractivity contribution in [1.82, 2.24) is 19.9 Å². The lowest BCUT2D eigenvalue weighted by atomic mass is 10.1. The standard InChI is InChI=1S/C19H23FN6/c1-11(2)24-15-6-7-16(25-12(15)3)13-8-21-17-14(13)9-22-18(26-17)23-10-19(4,5)20/h6-9H,10H2,1-5H3,(H2,21,22,23,26). The van der Waals surface area contributed by atoms with Gasteiger partial charge in [-0.05, 0) is 46.8 Å². The van der Waals surface area contributed by atoms with E-state index in [2.05, 4.69) is 30.2 Å². The van der Waals surface area contributed by atoms with Crippen molar-refractivity contribution in [3.63, 3.8) is 0 Å². The maximum Gasteiger partial charge on any atom is 0.224 e. The Kier molecular flexibility index (Phi) is 4.71. The highest BCUT2D eigenvalue weighted by Gasteiger charge is 2.16. The molecule has 3 aromatic heterocycles. The number of aromatic nitrogens is 4. The number of fused-ring (bicyclic) bond motifs is 1. The van der Waals surface area contributed by atoms with Crippen molar-refractivity contribution in [2.45, 2.75) is 40.3 Å². The molecule has 6 nitrogen and oxygen atoms in total. The fraction of sp³-hybridized carbons (Fsp3) is 0.368. The Balaban J connectivity index is 1.92. The van der Waals surface area contributed by atoms with Crippen molar-refractivity contribution in [2.24, 2.45) is 4.99 Å². The largest absolute Gasteiger partial charge is 0.351 e. The maximum absolute atomic E-state index is 13.6. The lowest BCUT2D eigenvalue weighted by Crippen LogP contribution is -2.25. The van der Waals surface area contributed by atoms with E-state index in [0.29, 0.717) is 11.6 Å². The summed E-state index contributed by atoms with van der Waals surface area (Å²) in [5, 5.41) is 3.78. The molecule has 0 bridgehead atoms. The van der Waals surface area contributed by atoms with Gasteiger partial charge in [0.25, 0.3) is 0 Å². The number of aryl methyl sites for hydroxylation is 1. The zero-order valence-electron chi connectivity index (χ0n) is 15.7. The summed E-state index contributed by atoms with van der Waals surface area (Å²) in [7, 11) is 0. The molecule has 3 aromatic rings. The summed E-state index contributed by atoms with van der Waals surface area (Å²) in [6.45, 7) is 9.02. The van der Waals surface area contributed by atoms with E-state index in [1.54, 1.807) is 6.20 Å². The Hall–Kier alpha value is -2.83. The van der Waals surface area contributed by atoms with Gasteiger partial charge < -0.3 is 10.3 Å². The van der Waals surface area contributed by atoms with E-state index < -0.39 is 5.67 Å². The predicted octanol–water partition coefficient (Wildman–Crippen LogP) is 4.60. The van der Waals surface area contributed by atoms with Crippen molar-refractivity contribution in [1.29, 1.82) is 0 Å². The molecular formula is C19H23FN6. The minimum atomic E-state index is -1.33. The fourth-order valence-electron chi connectivity index (χ4n) is 2.56. The smallest absolute Gasteiger partial charge is 0.224 e. The summed E-state index contributed by atoms with van der Waals surface area (Å²) in [6, 6.07) is 3.90. The topological polar surface area (TPSA) is 78.9 Å². The number of hydrogen-bond donors (Lipinski definition) is 2. The van der Waals surface area contributed by atoms with Crippen LogP contribution in [0.25, 0.3) is 22.3 Å². The zero-order chi connectivity index (χ0) is 18.9. The Bertz CT molecular complexity index is 964. The van der Waals surface area contributed by atoms with E-state index in [-0.39, 0.29) is 6.54 Å². The van der Waals surface area contributed by atoms with Crippen molar-refractivity contribution in [2.75, 3.05) is 11.9 Å². The van der Waals surface area contributed by atoms with Crippen LogP contribution in [0.1, 0.15) is 33.4 Å². The first-order valence-electron chi connectivity index (χ1n) is 8.50. The lowest BCUT2D eigenvalue weighted by Gasteiger charge is -2.14. The zero-order valence-corrected chi connectivity index (χ0v) is 15.7. The van der Waals surface area contributed by atoms with E-state index in [9.17, 15) is 4.39 Å². The summed E-state index contributed by atoms with van der Waals surface area (Å²) >= 11 is 0. The van der Waals surface area contributed by atoms with Gasteiger partial charge in [-0.3, -0.25) is 9.98 Å². The molecule has 0 radical (unpaired) electrons. The monoisotopic (exact) mass is 354 g/mol. The first kappa shape index (κ1) is 18.0. The number of nitrogens with one attached hydrogen (secondary N) is 2. The molecule has 0 aliphatic carbocycles. The normalized spacial score (nSPS) is 11.6. The second kappa shape index (κ2) is 6.82. The SMILES string of the molecule is CC(C)=Nc1ccc(-c2c[nH]c3nc(NCC(C)(C)F)ncc23)nc1C. The summed E-state index contributed by atoms with van der Waals surface area (Å²) in [5.41, 5.74) is 3.81. The molecule has 136 valence electrons. The number of anilines is 1. The number of halogens is 1. The highest BCUT2D eigenvalue weighted by Crippen LogP contribution is 2.29. The number of H-pyrrole nitrogens is 1. The third-order valence-corrected chi connectivity index (χ3v) is 3.78. The van der Waals surface area contributed by atoms with Crippen LogP contribution in [0.5, 0.6) is 0 Å². The predicted molar refractivity (Wildman–Crippen MR) is 104 cm³/mol. The minimum absolute atomic E-state index is 0.144. The molecule has 0 saturated carbocycles. The summed E-state index contributed by atoms with van der Waals surface area (Å²) in [6.07, 6.45) is 3.58. The van der Waals surface area contributed by atoms with Crippen LogP contribution >= 0.6 is 0 Å². The molecule has 0 spiro atoms. The average molecular weight is 354 g/mol. The molecular weight excluding hydrogens is 331 g/mol. The van der Waals surface area contributed by atoms with Gasteiger partial charge in [0.05, 0.1) is 23.6 Å².